The molecule has 1 amide bonds. The molecule has 0 heterocycles. The van der Waals surface area contributed by atoms with Crippen LogP contribution >= 0.6 is 0 Å². The van der Waals surface area contributed by atoms with E-state index in [9.17, 15) is 35.4 Å². The molecule has 358 valence electrons. The highest BCUT2D eigenvalue weighted by atomic mass is 16.5. The molecular weight excluding hydrogens is 755 g/mol. The van der Waals surface area contributed by atoms with Gasteiger partial charge < -0.3 is 40.7 Å². The first kappa shape index (κ1) is 57.2. The molecule has 0 aromatic rings. The average Bonchev–Trinajstić information content (AvgIpc) is 3.25. The van der Waals surface area contributed by atoms with Gasteiger partial charge in [0.05, 0.1) is 31.0 Å². The molecule has 1 saturated carbocycles. The van der Waals surface area contributed by atoms with Crippen LogP contribution in [0.1, 0.15) is 258 Å². The summed E-state index contributed by atoms with van der Waals surface area (Å²) in [4.78, 5) is 13.1. The number of amides is 1. The van der Waals surface area contributed by atoms with Gasteiger partial charge in [-0.2, -0.15) is 0 Å². The number of carbonyl (C=O) groups is 1. The number of unbranched alkanes of at least 4 members (excludes halogenated alkanes) is 33. The Balaban J connectivity index is 2.26. The lowest BCUT2D eigenvalue weighted by Crippen LogP contribution is -2.57. The molecule has 8 atom stereocenters. The first-order valence-corrected chi connectivity index (χ1v) is 26.2. The van der Waals surface area contributed by atoms with Crippen LogP contribution in [0.15, 0.2) is 0 Å². The lowest BCUT2D eigenvalue weighted by molar-refractivity contribution is -0.182. The van der Waals surface area contributed by atoms with E-state index >= 15 is 0 Å². The Morgan fingerprint density at radius 1 is 0.517 bits per heavy atom. The van der Waals surface area contributed by atoms with E-state index in [1.165, 1.54) is 186 Å². The van der Waals surface area contributed by atoms with Crippen LogP contribution in [0.5, 0.6) is 0 Å². The van der Waals surface area contributed by atoms with Gasteiger partial charge in [-0.3, -0.25) is 4.79 Å². The van der Waals surface area contributed by atoms with Crippen molar-refractivity contribution in [2.24, 2.45) is 5.92 Å². The van der Waals surface area contributed by atoms with Gasteiger partial charge in [0.2, 0.25) is 5.91 Å². The molecular formula is C51H101NO8. The van der Waals surface area contributed by atoms with Gasteiger partial charge in [-0.25, -0.2) is 0 Å². The Morgan fingerprint density at radius 3 is 1.23 bits per heavy atom. The van der Waals surface area contributed by atoms with Crippen LogP contribution in [-0.4, -0.2) is 92.4 Å². The summed E-state index contributed by atoms with van der Waals surface area (Å²) in [6.07, 6.45) is 38.3. The van der Waals surface area contributed by atoms with E-state index < -0.39 is 48.6 Å². The van der Waals surface area contributed by atoms with Gasteiger partial charge in [-0.15, -0.1) is 0 Å². The summed E-state index contributed by atoms with van der Waals surface area (Å²) in [6, 6.07) is -0.905. The Morgan fingerprint density at radius 2 is 0.867 bits per heavy atom. The molecule has 9 heteroatoms. The highest BCUT2D eigenvalue weighted by Gasteiger charge is 2.43. The minimum absolute atomic E-state index is 0.119. The molecule has 1 rings (SSSR count). The molecule has 1 fully saturated rings. The third-order valence-corrected chi connectivity index (χ3v) is 13.3. The molecule has 0 radical (unpaired) electrons. The largest absolute Gasteiger partial charge is 0.396 e. The zero-order valence-electron chi connectivity index (χ0n) is 39.4. The Labute approximate surface area is 370 Å². The van der Waals surface area contributed by atoms with Crippen LogP contribution in [0.3, 0.4) is 0 Å². The van der Waals surface area contributed by atoms with Crippen molar-refractivity contribution in [3.63, 3.8) is 0 Å². The maximum Gasteiger partial charge on any atom is 0.220 e. The van der Waals surface area contributed by atoms with Crippen LogP contribution in [0, 0.1) is 5.92 Å². The number of rotatable bonds is 44. The van der Waals surface area contributed by atoms with Crippen LogP contribution in [0.2, 0.25) is 0 Å². The van der Waals surface area contributed by atoms with Gasteiger partial charge in [0.1, 0.15) is 18.3 Å². The van der Waals surface area contributed by atoms with Crippen LogP contribution in [0.25, 0.3) is 0 Å². The van der Waals surface area contributed by atoms with Gasteiger partial charge in [0, 0.05) is 18.9 Å². The maximum atomic E-state index is 13.1. The Kier molecular flexibility index (Phi) is 39.0. The first-order valence-electron chi connectivity index (χ1n) is 26.2. The summed E-state index contributed by atoms with van der Waals surface area (Å²) in [6.45, 7) is 3.98. The van der Waals surface area contributed by atoms with E-state index in [2.05, 4.69) is 19.2 Å². The van der Waals surface area contributed by atoms with Crippen molar-refractivity contribution in [3.05, 3.63) is 0 Å². The van der Waals surface area contributed by atoms with Gasteiger partial charge in [-0.1, -0.05) is 232 Å². The van der Waals surface area contributed by atoms with Crippen molar-refractivity contribution in [2.45, 2.75) is 301 Å². The minimum atomic E-state index is -1.48. The first-order chi connectivity index (χ1) is 29.3. The monoisotopic (exact) mass is 856 g/mol. The smallest absolute Gasteiger partial charge is 0.220 e. The lowest BCUT2D eigenvalue weighted by Gasteiger charge is -2.40. The fourth-order valence-electron chi connectivity index (χ4n) is 9.06. The number of aliphatic hydroxyl groups excluding tert-OH is 6. The summed E-state index contributed by atoms with van der Waals surface area (Å²) in [5.74, 6) is -0.877. The van der Waals surface area contributed by atoms with Gasteiger partial charge in [-0.05, 0) is 19.3 Å². The van der Waals surface area contributed by atoms with Crippen LogP contribution < -0.4 is 5.32 Å². The fraction of sp³-hybridized carbons (Fsp3) is 0.980. The number of ether oxygens (including phenoxy) is 1. The molecule has 0 aliphatic heterocycles. The van der Waals surface area contributed by atoms with E-state index in [1.54, 1.807) is 0 Å². The highest BCUT2D eigenvalue weighted by molar-refractivity contribution is 5.76. The standard InChI is InChI=1S/C51H101NO8/c1-3-5-7-9-11-13-15-17-18-19-20-21-22-23-24-25-26-27-29-31-33-35-37-39-47(55)52-44(42-60-46-40-43(41-53)48(56)51(59)50(46)58)49(57)45(54)38-36-34-32-30-28-16-14-12-10-8-6-4-2/h43-46,48-51,53-54,56-59H,3-42H2,1-2H3,(H,52,55)/t43?,44-,45+,46-,48-,49-,50+,51?/m0/s1. The second-order valence-corrected chi connectivity index (χ2v) is 19.0. The third-order valence-electron chi connectivity index (χ3n) is 13.3. The summed E-state index contributed by atoms with van der Waals surface area (Å²) in [7, 11) is 0. The average molecular weight is 856 g/mol. The number of nitrogens with one attached hydrogen (secondary N) is 1. The SMILES string of the molecule is CCCCCCCCCCCCCCCCCCCCCCCCCC(=O)N[C@@H](CO[C@H]1CC(CO)[C@H](O)C(O)[C@@H]1O)[C@H](O)[C@H](O)CCCCCCCCCCCCCC. The van der Waals surface area contributed by atoms with E-state index in [-0.39, 0.29) is 25.5 Å². The minimum Gasteiger partial charge on any atom is -0.396 e. The van der Waals surface area contributed by atoms with E-state index in [1.807, 2.05) is 0 Å². The zero-order chi connectivity index (χ0) is 43.9. The number of hydrogen-bond donors (Lipinski definition) is 7. The molecule has 1 aliphatic carbocycles. The van der Waals surface area contributed by atoms with Crippen LogP contribution in [0.4, 0.5) is 0 Å². The van der Waals surface area contributed by atoms with E-state index in [0.29, 0.717) is 12.8 Å². The quantitative estimate of drug-likeness (QED) is 0.0298. The molecule has 0 aromatic carbocycles. The van der Waals surface area contributed by atoms with Crippen molar-refractivity contribution < 1.29 is 40.2 Å². The number of aliphatic hydroxyl groups is 6. The molecule has 0 bridgehead atoms. The maximum absolute atomic E-state index is 13.1. The summed E-state index contributed by atoms with van der Waals surface area (Å²) in [5, 5.41) is 65.8. The predicted molar refractivity (Wildman–Crippen MR) is 249 cm³/mol. The molecule has 0 aromatic heterocycles. The Bertz CT molecular complexity index is 924. The van der Waals surface area contributed by atoms with E-state index in [0.717, 1.165) is 38.5 Å². The summed E-state index contributed by atoms with van der Waals surface area (Å²) < 4.78 is 5.93. The Hall–Kier alpha value is -0.810. The van der Waals surface area contributed by atoms with Crippen molar-refractivity contribution in [2.75, 3.05) is 13.2 Å². The second-order valence-electron chi connectivity index (χ2n) is 19.0. The summed E-state index contributed by atoms with van der Waals surface area (Å²) in [5.41, 5.74) is 0. The molecule has 60 heavy (non-hydrogen) atoms. The van der Waals surface area contributed by atoms with E-state index in [4.69, 9.17) is 4.74 Å². The normalized spacial score (nSPS) is 21.0. The van der Waals surface area contributed by atoms with Crippen molar-refractivity contribution in [3.8, 4) is 0 Å². The highest BCUT2D eigenvalue weighted by Crippen LogP contribution is 2.28. The van der Waals surface area contributed by atoms with Crippen LogP contribution in [-0.2, 0) is 9.53 Å². The molecule has 9 nitrogen and oxygen atoms in total. The van der Waals surface area contributed by atoms with Gasteiger partial charge >= 0.3 is 0 Å². The number of hydrogen-bond acceptors (Lipinski definition) is 8. The van der Waals surface area contributed by atoms with Crippen molar-refractivity contribution in [1.29, 1.82) is 0 Å². The topological polar surface area (TPSA) is 160 Å². The molecule has 2 unspecified atom stereocenters. The summed E-state index contributed by atoms with van der Waals surface area (Å²) >= 11 is 0. The van der Waals surface area contributed by atoms with Gasteiger partial charge in [0.25, 0.3) is 0 Å². The van der Waals surface area contributed by atoms with Crippen molar-refractivity contribution in [1.82, 2.24) is 5.32 Å². The molecule has 0 spiro atoms. The second kappa shape index (κ2) is 40.9. The molecule has 0 saturated heterocycles. The van der Waals surface area contributed by atoms with Gasteiger partial charge in [0.15, 0.2) is 0 Å². The third kappa shape index (κ3) is 30.3. The van der Waals surface area contributed by atoms with Crippen molar-refractivity contribution >= 4 is 5.91 Å². The predicted octanol–water partition coefficient (Wildman–Crippen LogP) is 11.1. The fourth-order valence-corrected chi connectivity index (χ4v) is 9.06. The number of carbonyl (C=O) groups excluding carboxylic acids is 1. The molecule has 1 aliphatic rings. The molecule has 7 N–H and O–H groups in total. The zero-order valence-corrected chi connectivity index (χ0v) is 39.4. The lowest BCUT2D eigenvalue weighted by atomic mass is 9.81.